The van der Waals surface area contributed by atoms with Crippen molar-refractivity contribution in [3.63, 3.8) is 0 Å². The summed E-state index contributed by atoms with van der Waals surface area (Å²) in [6, 6.07) is 0. The minimum absolute atomic E-state index is 0.228. The van der Waals surface area contributed by atoms with Crippen molar-refractivity contribution < 1.29 is 0 Å². The van der Waals surface area contributed by atoms with Gasteiger partial charge >= 0.3 is 0 Å². The summed E-state index contributed by atoms with van der Waals surface area (Å²) in [5.41, 5.74) is 0.616. The van der Waals surface area contributed by atoms with E-state index in [1.54, 1.807) is 0 Å². The van der Waals surface area contributed by atoms with Gasteiger partial charge in [-0.2, -0.15) is 0 Å². The fraction of sp³-hybridized carbons (Fsp3) is 0.917. The molecule has 1 heterocycles. The van der Waals surface area contributed by atoms with Crippen LogP contribution in [-0.4, -0.2) is 23.0 Å². The van der Waals surface area contributed by atoms with E-state index in [4.69, 9.17) is 0 Å². The number of nitrogens with one attached hydrogen (secondary N) is 1. The molecule has 15 heavy (non-hydrogen) atoms. The molecule has 0 aromatic carbocycles. The summed E-state index contributed by atoms with van der Waals surface area (Å²) in [7, 11) is 0. The van der Waals surface area contributed by atoms with Crippen molar-refractivity contribution in [1.29, 1.82) is 0 Å². The summed E-state index contributed by atoms with van der Waals surface area (Å²) in [5, 5.41) is 4.63. The highest BCUT2D eigenvalue weighted by Crippen LogP contribution is 2.22. The van der Waals surface area contributed by atoms with Crippen LogP contribution in [0.4, 0.5) is 0 Å². The van der Waals surface area contributed by atoms with Gasteiger partial charge in [-0.15, -0.1) is 0 Å². The number of nitrogens with zero attached hydrogens (tertiary/aromatic N) is 1. The first-order valence-corrected chi connectivity index (χ1v) is 6.73. The lowest BCUT2D eigenvalue weighted by Crippen LogP contribution is -2.46. The zero-order chi connectivity index (χ0) is 11.5. The van der Waals surface area contributed by atoms with Gasteiger partial charge in [0.05, 0.1) is 0 Å². The number of hydrogen-bond donors (Lipinski definition) is 1. The van der Waals surface area contributed by atoms with Crippen LogP contribution in [0.15, 0.2) is 4.99 Å². The lowest BCUT2D eigenvalue weighted by molar-refractivity contribution is 0.384. The number of rotatable bonds is 2. The molecule has 0 aromatic rings. The Morgan fingerprint density at radius 3 is 2.60 bits per heavy atom. The smallest absolute Gasteiger partial charge is 0.156 e. The van der Waals surface area contributed by atoms with Gasteiger partial charge in [0.15, 0.2) is 5.17 Å². The lowest BCUT2D eigenvalue weighted by Gasteiger charge is -2.32. The third kappa shape index (κ3) is 5.45. The third-order valence-corrected chi connectivity index (χ3v) is 3.44. The summed E-state index contributed by atoms with van der Waals surface area (Å²) in [6.07, 6.45) is 2.37. The van der Waals surface area contributed by atoms with E-state index in [0.717, 1.165) is 18.1 Å². The predicted molar refractivity (Wildman–Crippen MR) is 70.7 cm³/mol. The summed E-state index contributed by atoms with van der Waals surface area (Å²) in [6.45, 7) is 12.2. The highest BCUT2D eigenvalue weighted by atomic mass is 32.2. The summed E-state index contributed by atoms with van der Waals surface area (Å²) in [5.74, 6) is 1.19. The third-order valence-electron chi connectivity index (χ3n) is 2.53. The first kappa shape index (κ1) is 12.9. The fourth-order valence-corrected chi connectivity index (χ4v) is 2.71. The molecule has 1 N–H and O–H groups in total. The molecule has 0 amide bonds. The molecule has 0 unspecified atom stereocenters. The van der Waals surface area contributed by atoms with Crippen LogP contribution < -0.4 is 5.32 Å². The van der Waals surface area contributed by atoms with Gasteiger partial charge in [-0.1, -0.05) is 32.5 Å². The molecule has 1 fully saturated rings. The first-order chi connectivity index (χ1) is 6.79. The summed E-state index contributed by atoms with van der Waals surface area (Å²) < 4.78 is 0. The van der Waals surface area contributed by atoms with Crippen LogP contribution in [0.5, 0.6) is 0 Å². The predicted octanol–water partition coefficient (Wildman–Crippen LogP) is 3.28. The molecule has 1 rings (SSSR count). The van der Waals surface area contributed by atoms with Gasteiger partial charge in [-0.3, -0.25) is 4.99 Å². The van der Waals surface area contributed by atoms with Crippen molar-refractivity contribution in [2.24, 2.45) is 10.4 Å². The van der Waals surface area contributed by atoms with Crippen LogP contribution in [0.1, 0.15) is 47.5 Å². The normalized spacial score (nSPS) is 23.9. The molecule has 3 heteroatoms. The fourth-order valence-electron chi connectivity index (χ4n) is 1.37. The maximum absolute atomic E-state index is 4.63. The minimum Gasteiger partial charge on any atom is -0.360 e. The molecule has 0 aliphatic carbocycles. The first-order valence-electron chi connectivity index (χ1n) is 5.74. The Morgan fingerprint density at radius 2 is 2.07 bits per heavy atom. The SMILES string of the molecule is CC(C)(C)CCN=C1NC(C)(C)CCS1. The van der Waals surface area contributed by atoms with E-state index >= 15 is 0 Å². The van der Waals surface area contributed by atoms with Gasteiger partial charge in [-0.05, 0) is 32.1 Å². The van der Waals surface area contributed by atoms with Crippen LogP contribution in [0.25, 0.3) is 0 Å². The van der Waals surface area contributed by atoms with E-state index in [9.17, 15) is 0 Å². The van der Waals surface area contributed by atoms with Crippen molar-refractivity contribution in [2.45, 2.75) is 53.0 Å². The van der Waals surface area contributed by atoms with E-state index in [0.29, 0.717) is 5.41 Å². The molecule has 0 saturated carbocycles. The van der Waals surface area contributed by atoms with Crippen molar-refractivity contribution in [2.75, 3.05) is 12.3 Å². The standard InChI is InChI=1S/C12H24N2S/c1-11(2,3)6-8-13-10-14-12(4,5)7-9-15-10/h6-9H2,1-5H3,(H,13,14). The Hall–Kier alpha value is -0.180. The lowest BCUT2D eigenvalue weighted by atomic mass is 9.93. The topological polar surface area (TPSA) is 24.4 Å². The Balaban J connectivity index is 2.40. The van der Waals surface area contributed by atoms with Gasteiger partial charge in [-0.25, -0.2) is 0 Å². The molecule has 1 saturated heterocycles. The average molecular weight is 228 g/mol. The molecule has 0 radical (unpaired) electrons. The molecule has 2 nitrogen and oxygen atoms in total. The Kier molecular flexibility index (Phi) is 4.10. The number of hydrogen-bond acceptors (Lipinski definition) is 2. The Bertz CT molecular complexity index is 238. The number of amidine groups is 1. The number of thioether (sulfide) groups is 1. The highest BCUT2D eigenvalue weighted by Gasteiger charge is 2.24. The zero-order valence-corrected chi connectivity index (χ0v) is 11.5. The van der Waals surface area contributed by atoms with E-state index in [-0.39, 0.29) is 5.54 Å². The summed E-state index contributed by atoms with van der Waals surface area (Å²) in [4.78, 5) is 4.63. The monoisotopic (exact) mass is 228 g/mol. The van der Waals surface area contributed by atoms with Crippen molar-refractivity contribution >= 4 is 16.9 Å². The van der Waals surface area contributed by atoms with Gasteiger partial charge in [0, 0.05) is 17.8 Å². The Labute approximate surface area is 98.3 Å². The minimum atomic E-state index is 0.228. The van der Waals surface area contributed by atoms with Gasteiger partial charge in [0.2, 0.25) is 0 Å². The molecule has 1 aliphatic rings. The molecule has 0 aromatic heterocycles. The van der Waals surface area contributed by atoms with E-state index in [1.807, 2.05) is 11.8 Å². The second kappa shape index (κ2) is 4.77. The highest BCUT2D eigenvalue weighted by molar-refractivity contribution is 8.13. The van der Waals surface area contributed by atoms with Gasteiger partial charge < -0.3 is 5.32 Å². The molecular weight excluding hydrogens is 204 g/mol. The van der Waals surface area contributed by atoms with Crippen LogP contribution in [0, 0.1) is 5.41 Å². The molecule has 0 bridgehead atoms. The quantitative estimate of drug-likeness (QED) is 0.784. The molecular formula is C12H24N2S. The second-order valence-electron chi connectivity index (χ2n) is 6.10. The zero-order valence-electron chi connectivity index (χ0n) is 10.7. The van der Waals surface area contributed by atoms with Crippen molar-refractivity contribution in [1.82, 2.24) is 5.32 Å². The van der Waals surface area contributed by atoms with Crippen LogP contribution in [0.3, 0.4) is 0 Å². The molecule has 0 atom stereocenters. The largest absolute Gasteiger partial charge is 0.360 e. The van der Waals surface area contributed by atoms with Crippen LogP contribution in [-0.2, 0) is 0 Å². The molecule has 1 aliphatic heterocycles. The van der Waals surface area contributed by atoms with E-state index in [1.165, 1.54) is 12.2 Å². The second-order valence-corrected chi connectivity index (χ2v) is 7.19. The van der Waals surface area contributed by atoms with Crippen molar-refractivity contribution in [3.8, 4) is 0 Å². The maximum Gasteiger partial charge on any atom is 0.156 e. The molecule has 88 valence electrons. The Morgan fingerprint density at radius 1 is 1.40 bits per heavy atom. The van der Waals surface area contributed by atoms with Crippen molar-refractivity contribution in [3.05, 3.63) is 0 Å². The molecule has 0 spiro atoms. The van der Waals surface area contributed by atoms with E-state index in [2.05, 4.69) is 44.9 Å². The number of aliphatic imine (C=N–C) groups is 1. The van der Waals surface area contributed by atoms with Gasteiger partial charge in [0.25, 0.3) is 0 Å². The maximum atomic E-state index is 4.63. The van der Waals surface area contributed by atoms with Gasteiger partial charge in [0.1, 0.15) is 0 Å². The summed E-state index contributed by atoms with van der Waals surface area (Å²) >= 11 is 1.85. The van der Waals surface area contributed by atoms with Crippen LogP contribution >= 0.6 is 11.8 Å². The van der Waals surface area contributed by atoms with Crippen LogP contribution in [0.2, 0.25) is 0 Å². The van der Waals surface area contributed by atoms with E-state index < -0.39 is 0 Å². The average Bonchev–Trinajstić information content (AvgIpc) is 1.99.